The quantitative estimate of drug-likeness (QED) is 0.812. The van der Waals surface area contributed by atoms with Crippen LogP contribution in [0.15, 0.2) is 36.5 Å². The maximum atomic E-state index is 10.6. The molecule has 2 aromatic rings. The maximum Gasteiger partial charge on any atom is 0.0931 e. The Balaban J connectivity index is 2.57. The molecule has 90 valence electrons. The minimum Gasteiger partial charge on any atom is -0.385 e. The molecule has 0 fully saturated rings. The third kappa shape index (κ3) is 2.05. The van der Waals surface area contributed by atoms with Crippen molar-refractivity contribution in [1.29, 1.82) is 0 Å². The van der Waals surface area contributed by atoms with Crippen molar-refractivity contribution in [3.63, 3.8) is 0 Å². The van der Waals surface area contributed by atoms with Crippen LogP contribution in [0, 0.1) is 5.41 Å². The van der Waals surface area contributed by atoms with Gasteiger partial charge in [0.15, 0.2) is 0 Å². The first-order chi connectivity index (χ1) is 7.82. The fourth-order valence-corrected chi connectivity index (χ4v) is 1.77. The average Bonchev–Trinajstić information content (AvgIpc) is 2.27. The summed E-state index contributed by atoms with van der Waals surface area (Å²) in [6, 6.07) is 9.97. The second-order valence-electron chi connectivity index (χ2n) is 5.74. The number of hydrogen-bond acceptors (Lipinski definition) is 2. The molecule has 0 saturated heterocycles. The molecule has 0 aliphatic rings. The number of rotatable bonds is 1. The van der Waals surface area contributed by atoms with Crippen LogP contribution in [-0.4, -0.2) is 10.1 Å². The first kappa shape index (κ1) is 12.1. The Morgan fingerprint density at radius 1 is 1.06 bits per heavy atom. The van der Waals surface area contributed by atoms with Crippen molar-refractivity contribution in [3.8, 4) is 0 Å². The molecule has 0 bridgehead atoms. The summed E-state index contributed by atoms with van der Waals surface area (Å²) in [6.45, 7) is 7.94. The maximum absolute atomic E-state index is 10.6. The van der Waals surface area contributed by atoms with E-state index < -0.39 is 5.60 Å². The zero-order valence-corrected chi connectivity index (χ0v) is 10.9. The SMILES string of the molecule is CC(C)(C)C(C)(O)c1cnc2ccccc2c1. The number of aromatic nitrogens is 1. The van der Waals surface area contributed by atoms with Crippen LogP contribution in [0.4, 0.5) is 0 Å². The summed E-state index contributed by atoms with van der Waals surface area (Å²) in [5.74, 6) is 0. The van der Waals surface area contributed by atoms with Crippen LogP contribution >= 0.6 is 0 Å². The standard InChI is InChI=1S/C15H19NO/c1-14(2,3)15(4,17)12-9-11-7-5-6-8-13(11)16-10-12/h5-10,17H,1-4H3. The van der Waals surface area contributed by atoms with E-state index in [4.69, 9.17) is 0 Å². The molecule has 0 radical (unpaired) electrons. The predicted octanol–water partition coefficient (Wildman–Crippen LogP) is 3.49. The zero-order chi connectivity index (χ0) is 12.7. The third-order valence-electron chi connectivity index (χ3n) is 3.61. The zero-order valence-electron chi connectivity index (χ0n) is 10.9. The summed E-state index contributed by atoms with van der Waals surface area (Å²) in [7, 11) is 0. The lowest BCUT2D eigenvalue weighted by Crippen LogP contribution is -2.36. The Kier molecular flexibility index (Phi) is 2.70. The first-order valence-corrected chi connectivity index (χ1v) is 5.90. The molecule has 17 heavy (non-hydrogen) atoms. The number of para-hydroxylation sites is 1. The molecule has 2 nitrogen and oxygen atoms in total. The second-order valence-corrected chi connectivity index (χ2v) is 5.74. The summed E-state index contributed by atoms with van der Waals surface area (Å²) >= 11 is 0. The van der Waals surface area contributed by atoms with Crippen molar-refractivity contribution in [1.82, 2.24) is 4.98 Å². The van der Waals surface area contributed by atoms with Gasteiger partial charge in [0.1, 0.15) is 0 Å². The van der Waals surface area contributed by atoms with E-state index in [0.717, 1.165) is 16.5 Å². The molecule has 1 N–H and O–H groups in total. The van der Waals surface area contributed by atoms with E-state index in [2.05, 4.69) is 4.98 Å². The average molecular weight is 229 g/mol. The van der Waals surface area contributed by atoms with Gasteiger partial charge in [0.05, 0.1) is 11.1 Å². The molecule has 1 atom stereocenters. The van der Waals surface area contributed by atoms with E-state index in [0.29, 0.717) is 0 Å². The van der Waals surface area contributed by atoms with E-state index in [-0.39, 0.29) is 5.41 Å². The van der Waals surface area contributed by atoms with Crippen molar-refractivity contribution in [2.45, 2.75) is 33.3 Å². The van der Waals surface area contributed by atoms with Gasteiger partial charge in [-0.3, -0.25) is 4.98 Å². The smallest absolute Gasteiger partial charge is 0.0931 e. The molecule has 2 heteroatoms. The highest BCUT2D eigenvalue weighted by Gasteiger charge is 2.37. The minimum absolute atomic E-state index is 0.225. The van der Waals surface area contributed by atoms with Crippen LogP contribution in [0.3, 0.4) is 0 Å². The van der Waals surface area contributed by atoms with Gasteiger partial charge in [-0.2, -0.15) is 0 Å². The minimum atomic E-state index is -0.885. The second kappa shape index (κ2) is 3.81. The summed E-state index contributed by atoms with van der Waals surface area (Å²) in [4.78, 5) is 4.40. The van der Waals surface area contributed by atoms with Crippen molar-refractivity contribution in [2.24, 2.45) is 5.41 Å². The highest BCUT2D eigenvalue weighted by atomic mass is 16.3. The fraction of sp³-hybridized carbons (Fsp3) is 0.400. The van der Waals surface area contributed by atoms with Gasteiger partial charge in [-0.1, -0.05) is 39.0 Å². The fourth-order valence-electron chi connectivity index (χ4n) is 1.77. The van der Waals surface area contributed by atoms with Gasteiger partial charge < -0.3 is 5.11 Å². The van der Waals surface area contributed by atoms with Crippen molar-refractivity contribution >= 4 is 10.9 Å². The molecule has 1 heterocycles. The number of hydrogen-bond donors (Lipinski definition) is 1. The Morgan fingerprint density at radius 3 is 2.35 bits per heavy atom. The monoisotopic (exact) mass is 229 g/mol. The molecule has 1 aromatic heterocycles. The lowest BCUT2D eigenvalue weighted by molar-refractivity contribution is -0.0471. The molecular formula is C15H19NO. The third-order valence-corrected chi connectivity index (χ3v) is 3.61. The van der Waals surface area contributed by atoms with Crippen LogP contribution in [0.2, 0.25) is 0 Å². The highest BCUT2D eigenvalue weighted by molar-refractivity contribution is 5.78. The van der Waals surface area contributed by atoms with Crippen molar-refractivity contribution in [3.05, 3.63) is 42.1 Å². The molecule has 0 spiro atoms. The Morgan fingerprint density at radius 2 is 1.71 bits per heavy atom. The molecule has 0 amide bonds. The van der Waals surface area contributed by atoms with Crippen molar-refractivity contribution in [2.75, 3.05) is 0 Å². The van der Waals surface area contributed by atoms with E-state index >= 15 is 0 Å². The number of aliphatic hydroxyl groups is 1. The molecule has 1 unspecified atom stereocenters. The summed E-state index contributed by atoms with van der Waals surface area (Å²) < 4.78 is 0. The van der Waals surface area contributed by atoms with E-state index in [9.17, 15) is 5.11 Å². The van der Waals surface area contributed by atoms with Crippen LogP contribution < -0.4 is 0 Å². The van der Waals surface area contributed by atoms with Gasteiger partial charge in [-0.05, 0) is 24.5 Å². The highest BCUT2D eigenvalue weighted by Crippen LogP contribution is 2.39. The van der Waals surface area contributed by atoms with Gasteiger partial charge in [0.2, 0.25) is 0 Å². The molecule has 0 aliphatic heterocycles. The summed E-state index contributed by atoms with van der Waals surface area (Å²) in [6.07, 6.45) is 1.77. The van der Waals surface area contributed by atoms with Gasteiger partial charge in [0.25, 0.3) is 0 Å². The van der Waals surface area contributed by atoms with Gasteiger partial charge in [-0.15, -0.1) is 0 Å². The topological polar surface area (TPSA) is 33.1 Å². The summed E-state index contributed by atoms with van der Waals surface area (Å²) in [5, 5.41) is 11.7. The Bertz CT molecular complexity index is 538. The molecule has 0 aliphatic carbocycles. The van der Waals surface area contributed by atoms with Gasteiger partial charge in [-0.25, -0.2) is 0 Å². The largest absolute Gasteiger partial charge is 0.385 e. The van der Waals surface area contributed by atoms with E-state index in [1.807, 2.05) is 58.0 Å². The van der Waals surface area contributed by atoms with Gasteiger partial charge >= 0.3 is 0 Å². The number of fused-ring (bicyclic) bond motifs is 1. The Labute approximate surface area is 102 Å². The van der Waals surface area contributed by atoms with E-state index in [1.165, 1.54) is 0 Å². The van der Waals surface area contributed by atoms with Crippen molar-refractivity contribution < 1.29 is 5.11 Å². The molecule has 2 rings (SSSR count). The lowest BCUT2D eigenvalue weighted by atomic mass is 9.74. The lowest BCUT2D eigenvalue weighted by Gasteiger charge is -2.37. The molecule has 0 saturated carbocycles. The molecule has 1 aromatic carbocycles. The van der Waals surface area contributed by atoms with Crippen LogP contribution in [0.5, 0.6) is 0 Å². The number of nitrogens with zero attached hydrogens (tertiary/aromatic N) is 1. The molecular weight excluding hydrogens is 210 g/mol. The number of benzene rings is 1. The van der Waals surface area contributed by atoms with Crippen LogP contribution in [0.25, 0.3) is 10.9 Å². The van der Waals surface area contributed by atoms with Crippen LogP contribution in [-0.2, 0) is 5.60 Å². The normalized spacial score (nSPS) is 15.8. The predicted molar refractivity (Wildman–Crippen MR) is 70.8 cm³/mol. The summed E-state index contributed by atoms with van der Waals surface area (Å²) in [5.41, 5.74) is 0.714. The Hall–Kier alpha value is -1.41. The number of pyridine rings is 1. The van der Waals surface area contributed by atoms with E-state index in [1.54, 1.807) is 6.20 Å². The first-order valence-electron chi connectivity index (χ1n) is 5.90. The van der Waals surface area contributed by atoms with Gasteiger partial charge in [0, 0.05) is 17.1 Å². The van der Waals surface area contributed by atoms with Crippen LogP contribution in [0.1, 0.15) is 33.3 Å².